The number of pyridine rings is 1. The minimum Gasteiger partial charge on any atom is -0.481 e. The van der Waals surface area contributed by atoms with Gasteiger partial charge in [0.2, 0.25) is 21.8 Å². The number of nitro groups is 1. The van der Waals surface area contributed by atoms with Crippen molar-refractivity contribution in [1.82, 2.24) is 4.98 Å². The van der Waals surface area contributed by atoms with Crippen LogP contribution in [0, 0.1) is 10.1 Å². The van der Waals surface area contributed by atoms with Gasteiger partial charge in [-0.25, -0.2) is 8.42 Å². The first-order valence-corrected chi connectivity index (χ1v) is 10.6. The highest BCUT2D eigenvalue weighted by Crippen LogP contribution is 2.35. The molecule has 0 N–H and O–H groups in total. The van der Waals surface area contributed by atoms with E-state index < -0.39 is 26.3 Å². The number of carbonyl (C=O) groups excluding carboxylic acids is 1. The molecular formula is C19H23N3O7S. The van der Waals surface area contributed by atoms with Crippen molar-refractivity contribution in [2.75, 3.05) is 24.8 Å². The molecule has 0 aliphatic carbocycles. The van der Waals surface area contributed by atoms with Crippen LogP contribution in [-0.4, -0.2) is 44.7 Å². The standard InChI is InChI=1S/C19H23N3O7S/c1-19(2,3)13-8-7-12(11-15(13)22(24)25)18(23)21(30(6,26)27)14-9-10-16(28-4)20-17(14)29-5/h7-11H,1-6H3. The summed E-state index contributed by atoms with van der Waals surface area (Å²) >= 11 is 0. The Morgan fingerprint density at radius 2 is 1.77 bits per heavy atom. The Labute approximate surface area is 174 Å². The number of hydrogen-bond acceptors (Lipinski definition) is 8. The molecule has 1 amide bonds. The van der Waals surface area contributed by atoms with Gasteiger partial charge in [-0.1, -0.05) is 26.8 Å². The van der Waals surface area contributed by atoms with Gasteiger partial charge in [0.15, 0.2) is 0 Å². The van der Waals surface area contributed by atoms with Crippen LogP contribution in [-0.2, 0) is 15.4 Å². The molecule has 0 atom stereocenters. The molecule has 0 fully saturated rings. The molecule has 0 spiro atoms. The highest BCUT2D eigenvalue weighted by molar-refractivity contribution is 7.92. The van der Waals surface area contributed by atoms with Gasteiger partial charge in [-0.3, -0.25) is 14.9 Å². The molecule has 0 saturated carbocycles. The minimum absolute atomic E-state index is 0.145. The van der Waals surface area contributed by atoms with Crippen LogP contribution in [0.2, 0.25) is 0 Å². The van der Waals surface area contributed by atoms with Gasteiger partial charge in [0, 0.05) is 23.3 Å². The van der Waals surface area contributed by atoms with Crippen LogP contribution in [0.5, 0.6) is 11.8 Å². The summed E-state index contributed by atoms with van der Waals surface area (Å²) in [7, 11) is -1.50. The number of anilines is 1. The summed E-state index contributed by atoms with van der Waals surface area (Å²) in [5.41, 5.74) is -0.726. The maximum absolute atomic E-state index is 13.2. The first kappa shape index (κ1) is 23.1. The molecule has 30 heavy (non-hydrogen) atoms. The third-order valence-electron chi connectivity index (χ3n) is 4.20. The maximum Gasteiger partial charge on any atom is 0.273 e. The van der Waals surface area contributed by atoms with Crippen LogP contribution in [0.25, 0.3) is 0 Å². The van der Waals surface area contributed by atoms with Crippen LogP contribution < -0.4 is 13.8 Å². The van der Waals surface area contributed by atoms with Gasteiger partial charge in [0.05, 0.1) is 25.4 Å². The molecule has 2 rings (SSSR count). The monoisotopic (exact) mass is 437 g/mol. The van der Waals surface area contributed by atoms with E-state index in [1.165, 1.54) is 38.5 Å². The number of aromatic nitrogens is 1. The van der Waals surface area contributed by atoms with Crippen molar-refractivity contribution < 1.29 is 27.6 Å². The number of amides is 1. The topological polar surface area (TPSA) is 129 Å². The smallest absolute Gasteiger partial charge is 0.273 e. The van der Waals surface area contributed by atoms with Gasteiger partial charge >= 0.3 is 0 Å². The second-order valence-electron chi connectivity index (χ2n) is 7.45. The van der Waals surface area contributed by atoms with Crippen molar-refractivity contribution in [3.05, 3.63) is 51.6 Å². The summed E-state index contributed by atoms with van der Waals surface area (Å²) in [6, 6.07) is 6.56. The van der Waals surface area contributed by atoms with Crippen LogP contribution in [0.3, 0.4) is 0 Å². The van der Waals surface area contributed by atoms with E-state index in [2.05, 4.69) is 4.98 Å². The number of sulfonamides is 1. The van der Waals surface area contributed by atoms with E-state index in [4.69, 9.17) is 9.47 Å². The summed E-state index contributed by atoms with van der Waals surface area (Å²) in [5, 5.41) is 11.6. The molecule has 0 radical (unpaired) electrons. The fourth-order valence-corrected chi connectivity index (χ4v) is 3.74. The number of carbonyl (C=O) groups is 1. The second-order valence-corrected chi connectivity index (χ2v) is 9.28. The van der Waals surface area contributed by atoms with Crippen molar-refractivity contribution in [2.24, 2.45) is 0 Å². The predicted octanol–water partition coefficient (Wildman–Crippen LogP) is 2.91. The molecule has 162 valence electrons. The molecule has 10 nitrogen and oxygen atoms in total. The Morgan fingerprint density at radius 3 is 2.23 bits per heavy atom. The average molecular weight is 437 g/mol. The van der Waals surface area contributed by atoms with Crippen molar-refractivity contribution in [2.45, 2.75) is 26.2 Å². The van der Waals surface area contributed by atoms with Gasteiger partial charge in [-0.15, -0.1) is 0 Å². The quantitative estimate of drug-likeness (QED) is 0.498. The minimum atomic E-state index is -4.14. The lowest BCUT2D eigenvalue weighted by Crippen LogP contribution is -2.36. The summed E-state index contributed by atoms with van der Waals surface area (Å²) in [6.07, 6.45) is 0.840. The predicted molar refractivity (Wildman–Crippen MR) is 111 cm³/mol. The SMILES string of the molecule is COc1ccc(N(C(=O)c2ccc(C(C)(C)C)c([N+](=O)[O-])c2)S(C)(=O)=O)c(OC)n1. The number of nitrogens with zero attached hydrogens (tertiary/aromatic N) is 3. The van der Waals surface area contributed by atoms with Crippen LogP contribution >= 0.6 is 0 Å². The molecule has 0 aliphatic rings. The van der Waals surface area contributed by atoms with Gasteiger partial charge in [-0.2, -0.15) is 9.29 Å². The summed E-state index contributed by atoms with van der Waals surface area (Å²) in [6.45, 7) is 5.40. The molecule has 1 aromatic carbocycles. The van der Waals surface area contributed by atoms with E-state index in [9.17, 15) is 23.3 Å². The molecule has 1 aromatic heterocycles. The Kier molecular flexibility index (Phi) is 6.36. The van der Waals surface area contributed by atoms with Crippen molar-refractivity contribution in [3.8, 4) is 11.8 Å². The second kappa shape index (κ2) is 8.27. The zero-order chi connectivity index (χ0) is 22.9. The maximum atomic E-state index is 13.2. The van der Waals surface area contributed by atoms with Gasteiger partial charge < -0.3 is 9.47 Å². The zero-order valence-electron chi connectivity index (χ0n) is 17.5. The fourth-order valence-electron chi connectivity index (χ4n) is 2.84. The Bertz CT molecular complexity index is 1090. The summed E-state index contributed by atoms with van der Waals surface area (Å²) in [4.78, 5) is 28.1. The van der Waals surface area contributed by atoms with Crippen molar-refractivity contribution in [3.63, 3.8) is 0 Å². The van der Waals surface area contributed by atoms with Crippen molar-refractivity contribution in [1.29, 1.82) is 0 Å². The third-order valence-corrected chi connectivity index (χ3v) is 5.23. The molecule has 0 unspecified atom stereocenters. The zero-order valence-corrected chi connectivity index (χ0v) is 18.3. The average Bonchev–Trinajstić information content (AvgIpc) is 2.65. The highest BCUT2D eigenvalue weighted by Gasteiger charge is 2.33. The molecule has 0 saturated heterocycles. The Balaban J connectivity index is 2.68. The third kappa shape index (κ3) is 4.67. The van der Waals surface area contributed by atoms with Crippen LogP contribution in [0.1, 0.15) is 36.7 Å². The number of rotatable bonds is 6. The molecule has 2 aromatic rings. The van der Waals surface area contributed by atoms with Gasteiger partial charge in [0.25, 0.3) is 11.6 Å². The lowest BCUT2D eigenvalue weighted by Gasteiger charge is -2.23. The largest absolute Gasteiger partial charge is 0.481 e. The Morgan fingerprint density at radius 1 is 1.13 bits per heavy atom. The first-order valence-electron chi connectivity index (χ1n) is 8.73. The van der Waals surface area contributed by atoms with E-state index in [-0.39, 0.29) is 28.7 Å². The lowest BCUT2D eigenvalue weighted by molar-refractivity contribution is -0.386. The van der Waals surface area contributed by atoms with E-state index in [1.807, 2.05) is 0 Å². The molecule has 11 heteroatoms. The molecule has 0 bridgehead atoms. The first-order chi connectivity index (χ1) is 13.8. The van der Waals surface area contributed by atoms with Gasteiger partial charge in [0.1, 0.15) is 5.69 Å². The van der Waals surface area contributed by atoms with Crippen LogP contribution in [0.4, 0.5) is 11.4 Å². The number of benzene rings is 1. The Hall–Kier alpha value is -3.21. The number of nitro benzene ring substituents is 1. The normalized spacial score (nSPS) is 11.7. The van der Waals surface area contributed by atoms with E-state index in [0.717, 1.165) is 12.3 Å². The molecule has 1 heterocycles. The fraction of sp³-hybridized carbons (Fsp3) is 0.368. The summed E-state index contributed by atoms with van der Waals surface area (Å²) in [5.74, 6) is -0.984. The van der Waals surface area contributed by atoms with E-state index in [1.54, 1.807) is 20.8 Å². The molecular weight excluding hydrogens is 414 g/mol. The van der Waals surface area contributed by atoms with E-state index in [0.29, 0.717) is 9.87 Å². The summed E-state index contributed by atoms with van der Waals surface area (Å²) < 4.78 is 35.5. The lowest BCUT2D eigenvalue weighted by atomic mass is 9.85. The van der Waals surface area contributed by atoms with Gasteiger partial charge in [-0.05, 0) is 17.5 Å². The number of hydrogen-bond donors (Lipinski definition) is 0. The number of methoxy groups -OCH3 is 2. The van der Waals surface area contributed by atoms with E-state index >= 15 is 0 Å². The molecule has 0 aliphatic heterocycles. The van der Waals surface area contributed by atoms with Crippen LogP contribution in [0.15, 0.2) is 30.3 Å². The van der Waals surface area contributed by atoms with Crippen molar-refractivity contribution >= 4 is 27.3 Å². The highest BCUT2D eigenvalue weighted by atomic mass is 32.2. The number of ether oxygens (including phenoxy) is 2.